The molecule has 0 saturated carbocycles. The highest BCUT2D eigenvalue weighted by Gasteiger charge is 2.13. The van der Waals surface area contributed by atoms with Crippen molar-refractivity contribution in [3.05, 3.63) is 69.1 Å². The Kier molecular flexibility index (Phi) is 5.76. The van der Waals surface area contributed by atoms with Gasteiger partial charge in [0.05, 0.1) is 20.8 Å². The maximum atomic E-state index is 13.8. The number of hydrogen-bond acceptors (Lipinski definition) is 6. The monoisotopic (exact) mass is 402 g/mol. The maximum absolute atomic E-state index is 13.8. The summed E-state index contributed by atoms with van der Waals surface area (Å²) in [6.45, 7) is 3.41. The number of anilines is 2. The van der Waals surface area contributed by atoms with E-state index in [1.807, 2.05) is 6.92 Å². The first-order valence-electron chi connectivity index (χ1n) is 8.70. The van der Waals surface area contributed by atoms with Crippen LogP contribution >= 0.6 is 0 Å². The lowest BCUT2D eigenvalue weighted by atomic mass is 10.1. The van der Waals surface area contributed by atoms with Crippen LogP contribution in [0.2, 0.25) is 0 Å². The molecule has 0 radical (unpaired) electrons. The smallest absolute Gasteiger partial charge is 0.293 e. The van der Waals surface area contributed by atoms with Crippen LogP contribution in [0.3, 0.4) is 0 Å². The molecular weight excluding hydrogens is 382 g/mol. The van der Waals surface area contributed by atoms with E-state index in [0.717, 1.165) is 17.8 Å². The fourth-order valence-corrected chi connectivity index (χ4v) is 2.87. The molecule has 0 aliphatic heterocycles. The van der Waals surface area contributed by atoms with Crippen molar-refractivity contribution < 1.29 is 18.3 Å². The Balaban J connectivity index is 1.99. The predicted octanol–water partition coefficient (Wildman–Crippen LogP) is 3.34. The van der Waals surface area contributed by atoms with Gasteiger partial charge in [-0.05, 0) is 42.7 Å². The first-order valence-corrected chi connectivity index (χ1v) is 8.70. The maximum Gasteiger partial charge on any atom is 0.293 e. The first kappa shape index (κ1) is 20.2. The minimum atomic E-state index is -0.945. The minimum Gasteiger partial charge on any atom is -0.493 e. The van der Waals surface area contributed by atoms with Gasteiger partial charge >= 0.3 is 0 Å². The topological polar surface area (TPSA) is 78.3 Å². The summed E-state index contributed by atoms with van der Waals surface area (Å²) in [5.41, 5.74) is 1.56. The molecule has 0 aliphatic carbocycles. The Morgan fingerprint density at radius 3 is 2.38 bits per heavy atom. The lowest BCUT2D eigenvalue weighted by molar-refractivity contribution is 0.355. The molecule has 0 spiro atoms. The highest BCUT2D eigenvalue weighted by atomic mass is 19.2. The molecule has 0 aliphatic rings. The number of aromatic nitrogens is 3. The van der Waals surface area contributed by atoms with Gasteiger partial charge in [-0.3, -0.25) is 4.79 Å². The number of rotatable bonds is 6. The van der Waals surface area contributed by atoms with Crippen molar-refractivity contribution in [1.82, 2.24) is 14.8 Å². The fraction of sp³-hybridized carbons (Fsp3) is 0.250. The number of aryl methyl sites for hydroxylation is 2. The van der Waals surface area contributed by atoms with Gasteiger partial charge in [0.2, 0.25) is 5.95 Å². The molecule has 152 valence electrons. The molecule has 0 fully saturated rings. The van der Waals surface area contributed by atoms with Gasteiger partial charge in [-0.2, -0.15) is 10.1 Å². The molecule has 0 amide bonds. The van der Waals surface area contributed by atoms with Crippen LogP contribution < -0.4 is 20.3 Å². The molecular formula is C20H20F2N4O3. The van der Waals surface area contributed by atoms with Crippen molar-refractivity contribution in [1.29, 1.82) is 0 Å². The number of nitrogens with one attached hydrogen (secondary N) is 1. The second-order valence-corrected chi connectivity index (χ2v) is 6.43. The molecule has 0 unspecified atom stereocenters. The molecule has 1 heterocycles. The molecule has 7 nitrogen and oxygen atoms in total. The van der Waals surface area contributed by atoms with Crippen molar-refractivity contribution in [3.63, 3.8) is 0 Å². The van der Waals surface area contributed by atoms with Crippen molar-refractivity contribution in [2.45, 2.75) is 20.4 Å². The molecule has 1 N–H and O–H groups in total. The summed E-state index contributed by atoms with van der Waals surface area (Å²) < 4.78 is 39.3. The summed E-state index contributed by atoms with van der Waals surface area (Å²) in [6, 6.07) is 6.09. The van der Waals surface area contributed by atoms with E-state index in [-0.39, 0.29) is 18.1 Å². The molecule has 1 aromatic heterocycles. The van der Waals surface area contributed by atoms with Crippen molar-refractivity contribution in [2.75, 3.05) is 19.5 Å². The summed E-state index contributed by atoms with van der Waals surface area (Å²) >= 11 is 0. The second kappa shape index (κ2) is 8.26. The molecule has 0 saturated heterocycles. The van der Waals surface area contributed by atoms with Crippen LogP contribution in [-0.4, -0.2) is 29.0 Å². The van der Waals surface area contributed by atoms with Crippen LogP contribution in [0, 0.1) is 25.5 Å². The van der Waals surface area contributed by atoms with E-state index in [9.17, 15) is 13.6 Å². The zero-order chi connectivity index (χ0) is 21.1. The van der Waals surface area contributed by atoms with Crippen LogP contribution in [-0.2, 0) is 6.54 Å². The van der Waals surface area contributed by atoms with Gasteiger partial charge in [0, 0.05) is 11.8 Å². The van der Waals surface area contributed by atoms with Gasteiger partial charge in [-0.25, -0.2) is 13.5 Å². The molecule has 3 rings (SSSR count). The van der Waals surface area contributed by atoms with Crippen LogP contribution in [0.15, 0.2) is 35.3 Å². The zero-order valence-electron chi connectivity index (χ0n) is 16.4. The van der Waals surface area contributed by atoms with Crippen molar-refractivity contribution >= 4 is 11.6 Å². The summed E-state index contributed by atoms with van der Waals surface area (Å²) in [4.78, 5) is 15.7. The molecule has 3 aromatic rings. The lowest BCUT2D eigenvalue weighted by Gasteiger charge is -2.16. The van der Waals surface area contributed by atoms with Gasteiger partial charge in [0.25, 0.3) is 5.56 Å². The van der Waals surface area contributed by atoms with Gasteiger partial charge in [0.1, 0.15) is 6.20 Å². The van der Waals surface area contributed by atoms with E-state index in [0.29, 0.717) is 22.7 Å². The lowest BCUT2D eigenvalue weighted by Crippen LogP contribution is -2.19. The van der Waals surface area contributed by atoms with Gasteiger partial charge in [0.15, 0.2) is 23.1 Å². The van der Waals surface area contributed by atoms with Crippen LogP contribution in [0.25, 0.3) is 0 Å². The average Bonchev–Trinajstić information content (AvgIpc) is 2.69. The predicted molar refractivity (Wildman–Crippen MR) is 104 cm³/mol. The third-order valence-electron chi connectivity index (χ3n) is 4.35. The van der Waals surface area contributed by atoms with Gasteiger partial charge < -0.3 is 14.8 Å². The Morgan fingerprint density at radius 1 is 1.03 bits per heavy atom. The molecule has 0 bridgehead atoms. The standard InChI is InChI=1S/C20H20F2N4O3/c1-11-6-16(28-3)17(29-4)8-15(11)24-20-25-18(27)9-23-26(20)10-13-5-12(2)19(22)14(21)7-13/h5-9H,10H2,1-4H3,(H,24,25,27). The minimum absolute atomic E-state index is 0.0833. The number of benzene rings is 2. The molecule has 9 heteroatoms. The summed E-state index contributed by atoms with van der Waals surface area (Å²) in [5.74, 6) is -0.632. The van der Waals surface area contributed by atoms with E-state index < -0.39 is 17.2 Å². The van der Waals surface area contributed by atoms with Crippen LogP contribution in [0.1, 0.15) is 16.7 Å². The Hall–Kier alpha value is -3.49. The summed E-state index contributed by atoms with van der Waals surface area (Å²) in [6.07, 6.45) is 1.05. The van der Waals surface area contributed by atoms with Crippen molar-refractivity contribution in [2.24, 2.45) is 0 Å². The third kappa shape index (κ3) is 4.34. The number of halogens is 2. The summed E-state index contributed by atoms with van der Waals surface area (Å²) in [7, 11) is 3.05. The Labute approximate surface area is 165 Å². The Morgan fingerprint density at radius 2 is 1.72 bits per heavy atom. The summed E-state index contributed by atoms with van der Waals surface area (Å²) in [5, 5.41) is 7.12. The number of nitrogens with zero attached hydrogens (tertiary/aromatic N) is 3. The second-order valence-electron chi connectivity index (χ2n) is 6.43. The highest BCUT2D eigenvalue weighted by Crippen LogP contribution is 2.33. The normalized spacial score (nSPS) is 10.7. The number of hydrogen-bond donors (Lipinski definition) is 1. The molecule has 2 aromatic carbocycles. The molecule has 0 atom stereocenters. The highest BCUT2D eigenvalue weighted by molar-refractivity contribution is 5.64. The first-order chi connectivity index (χ1) is 13.8. The van der Waals surface area contributed by atoms with Crippen molar-refractivity contribution in [3.8, 4) is 11.5 Å². The van der Waals surface area contributed by atoms with Gasteiger partial charge in [-0.15, -0.1) is 0 Å². The van der Waals surface area contributed by atoms with E-state index in [1.54, 1.807) is 12.1 Å². The van der Waals surface area contributed by atoms with Crippen LogP contribution in [0.5, 0.6) is 11.5 Å². The van der Waals surface area contributed by atoms with E-state index in [4.69, 9.17) is 9.47 Å². The third-order valence-corrected chi connectivity index (χ3v) is 4.35. The number of methoxy groups -OCH3 is 2. The Bertz CT molecular complexity index is 1090. The molecule has 29 heavy (non-hydrogen) atoms. The van der Waals surface area contributed by atoms with E-state index >= 15 is 0 Å². The zero-order valence-corrected chi connectivity index (χ0v) is 16.4. The fourth-order valence-electron chi connectivity index (χ4n) is 2.87. The van der Waals surface area contributed by atoms with Gasteiger partial charge in [-0.1, -0.05) is 6.07 Å². The largest absolute Gasteiger partial charge is 0.493 e. The quantitative estimate of drug-likeness (QED) is 0.681. The SMILES string of the molecule is COc1cc(C)c(Nc2nc(=O)cnn2Cc2cc(C)c(F)c(F)c2)cc1OC. The van der Waals surface area contributed by atoms with E-state index in [2.05, 4.69) is 15.4 Å². The average molecular weight is 402 g/mol. The van der Waals surface area contributed by atoms with Crippen LogP contribution in [0.4, 0.5) is 20.4 Å². The number of ether oxygens (including phenoxy) is 2. The van der Waals surface area contributed by atoms with E-state index in [1.165, 1.54) is 31.9 Å².